The van der Waals surface area contributed by atoms with E-state index in [1.807, 2.05) is 43.7 Å². The van der Waals surface area contributed by atoms with Crippen molar-refractivity contribution in [1.29, 1.82) is 0 Å². The zero-order valence-electron chi connectivity index (χ0n) is 13.0. The minimum absolute atomic E-state index is 0.758. The lowest BCUT2D eigenvalue weighted by molar-refractivity contribution is 0.682. The number of aryl methyl sites for hydroxylation is 1. The maximum atomic E-state index is 4.40. The van der Waals surface area contributed by atoms with Crippen molar-refractivity contribution in [3.05, 3.63) is 47.7 Å². The van der Waals surface area contributed by atoms with Crippen molar-refractivity contribution < 1.29 is 0 Å². The van der Waals surface area contributed by atoms with Crippen molar-refractivity contribution in [3.63, 3.8) is 0 Å². The van der Waals surface area contributed by atoms with Gasteiger partial charge in [0.25, 0.3) is 0 Å². The van der Waals surface area contributed by atoms with Gasteiger partial charge in [-0.25, -0.2) is 15.0 Å². The van der Waals surface area contributed by atoms with E-state index in [0.717, 1.165) is 43.1 Å². The van der Waals surface area contributed by atoms with Crippen LogP contribution in [0.5, 0.6) is 0 Å². The van der Waals surface area contributed by atoms with Crippen molar-refractivity contribution in [2.24, 2.45) is 0 Å². The van der Waals surface area contributed by atoms with Gasteiger partial charge in [-0.3, -0.25) is 0 Å². The van der Waals surface area contributed by atoms with E-state index in [9.17, 15) is 0 Å². The monoisotopic (exact) mass is 285 g/mol. The zero-order chi connectivity index (χ0) is 15.1. The zero-order valence-corrected chi connectivity index (χ0v) is 13.0. The predicted molar refractivity (Wildman–Crippen MR) is 85.1 cm³/mol. The summed E-state index contributed by atoms with van der Waals surface area (Å²) < 4.78 is 0. The molecule has 0 unspecified atom stereocenters. The molecule has 0 amide bonds. The van der Waals surface area contributed by atoms with Crippen molar-refractivity contribution >= 4 is 5.82 Å². The van der Waals surface area contributed by atoms with Gasteiger partial charge in [0.2, 0.25) is 0 Å². The number of anilines is 1. The van der Waals surface area contributed by atoms with Gasteiger partial charge in [0, 0.05) is 63.3 Å². The SMILES string of the molecule is CCCc1ncc(CNCc2cccnc2N(C)C)cn1. The Hall–Kier alpha value is -2.01. The van der Waals surface area contributed by atoms with Crippen molar-refractivity contribution in [2.45, 2.75) is 32.9 Å². The summed E-state index contributed by atoms with van der Waals surface area (Å²) in [6.07, 6.45) is 7.64. The molecule has 2 heterocycles. The topological polar surface area (TPSA) is 53.9 Å². The molecule has 0 aromatic carbocycles. The normalized spacial score (nSPS) is 10.6. The molecule has 2 aromatic rings. The summed E-state index contributed by atoms with van der Waals surface area (Å²) in [7, 11) is 4.01. The number of aromatic nitrogens is 3. The molecule has 0 aliphatic rings. The van der Waals surface area contributed by atoms with Crippen LogP contribution in [0, 0.1) is 0 Å². The van der Waals surface area contributed by atoms with Crippen molar-refractivity contribution in [1.82, 2.24) is 20.3 Å². The molecule has 1 N–H and O–H groups in total. The van der Waals surface area contributed by atoms with Crippen LogP contribution in [-0.4, -0.2) is 29.0 Å². The number of pyridine rings is 1. The Morgan fingerprint density at radius 3 is 2.52 bits per heavy atom. The molecule has 0 saturated heterocycles. The smallest absolute Gasteiger partial charge is 0.132 e. The quantitative estimate of drug-likeness (QED) is 0.845. The fourth-order valence-electron chi connectivity index (χ4n) is 2.14. The summed E-state index contributed by atoms with van der Waals surface area (Å²) >= 11 is 0. The number of rotatable bonds is 7. The van der Waals surface area contributed by atoms with Crippen LogP contribution < -0.4 is 10.2 Å². The third-order valence-electron chi connectivity index (χ3n) is 3.17. The molecule has 0 aliphatic heterocycles. The molecule has 0 aliphatic carbocycles. The second kappa shape index (κ2) is 7.69. The van der Waals surface area contributed by atoms with Gasteiger partial charge in [-0.1, -0.05) is 13.0 Å². The molecule has 21 heavy (non-hydrogen) atoms. The Labute approximate surface area is 126 Å². The lowest BCUT2D eigenvalue weighted by Gasteiger charge is -2.16. The van der Waals surface area contributed by atoms with Crippen molar-refractivity contribution in [3.8, 4) is 0 Å². The van der Waals surface area contributed by atoms with Gasteiger partial charge in [-0.05, 0) is 12.5 Å². The summed E-state index contributed by atoms with van der Waals surface area (Å²) in [5.41, 5.74) is 2.29. The molecule has 0 bridgehead atoms. The minimum Gasteiger partial charge on any atom is -0.362 e. The van der Waals surface area contributed by atoms with E-state index in [1.165, 1.54) is 5.56 Å². The summed E-state index contributed by atoms with van der Waals surface area (Å²) in [5.74, 6) is 1.92. The molecule has 5 heteroatoms. The van der Waals surface area contributed by atoms with Crippen LogP contribution in [0.3, 0.4) is 0 Å². The highest BCUT2D eigenvalue weighted by Gasteiger charge is 2.05. The maximum absolute atomic E-state index is 4.40. The molecule has 0 atom stereocenters. The molecule has 0 saturated carbocycles. The van der Waals surface area contributed by atoms with Gasteiger partial charge in [0.15, 0.2) is 0 Å². The number of nitrogens with zero attached hydrogens (tertiary/aromatic N) is 4. The molecule has 0 fully saturated rings. The van der Waals surface area contributed by atoms with E-state index < -0.39 is 0 Å². The van der Waals surface area contributed by atoms with Crippen molar-refractivity contribution in [2.75, 3.05) is 19.0 Å². The molecular formula is C16H23N5. The fourth-order valence-corrected chi connectivity index (χ4v) is 2.14. The summed E-state index contributed by atoms with van der Waals surface area (Å²) in [6, 6.07) is 4.06. The Bertz CT molecular complexity index is 551. The lowest BCUT2D eigenvalue weighted by Crippen LogP contribution is -2.18. The third kappa shape index (κ3) is 4.49. The van der Waals surface area contributed by atoms with E-state index in [-0.39, 0.29) is 0 Å². The number of nitrogens with one attached hydrogen (secondary N) is 1. The Balaban J connectivity index is 1.89. The molecule has 2 rings (SSSR count). The molecule has 5 nitrogen and oxygen atoms in total. The van der Waals surface area contributed by atoms with Gasteiger partial charge < -0.3 is 10.2 Å². The number of hydrogen-bond acceptors (Lipinski definition) is 5. The fraction of sp³-hybridized carbons (Fsp3) is 0.438. The van der Waals surface area contributed by atoms with Crippen LogP contribution in [0.2, 0.25) is 0 Å². The molecule has 0 spiro atoms. The van der Waals surface area contributed by atoms with E-state index in [1.54, 1.807) is 0 Å². The first-order chi connectivity index (χ1) is 10.2. The Morgan fingerprint density at radius 1 is 1.10 bits per heavy atom. The Kier molecular flexibility index (Phi) is 5.63. The maximum Gasteiger partial charge on any atom is 0.132 e. The van der Waals surface area contributed by atoms with Crippen LogP contribution in [0.4, 0.5) is 5.82 Å². The van der Waals surface area contributed by atoms with Gasteiger partial charge in [-0.2, -0.15) is 0 Å². The van der Waals surface area contributed by atoms with Crippen LogP contribution in [0.15, 0.2) is 30.7 Å². The van der Waals surface area contributed by atoms with Crippen LogP contribution in [0.25, 0.3) is 0 Å². The molecule has 112 valence electrons. The minimum atomic E-state index is 0.758. The van der Waals surface area contributed by atoms with Gasteiger partial charge >= 0.3 is 0 Å². The second-order valence-corrected chi connectivity index (χ2v) is 5.24. The molecule has 0 radical (unpaired) electrons. The first kappa shape index (κ1) is 15.4. The summed E-state index contributed by atoms with van der Waals surface area (Å²) in [4.78, 5) is 15.2. The summed E-state index contributed by atoms with van der Waals surface area (Å²) in [5, 5.41) is 3.42. The highest BCUT2D eigenvalue weighted by Crippen LogP contribution is 2.13. The highest BCUT2D eigenvalue weighted by atomic mass is 15.1. The highest BCUT2D eigenvalue weighted by molar-refractivity contribution is 5.44. The summed E-state index contributed by atoms with van der Waals surface area (Å²) in [6.45, 7) is 3.67. The average Bonchev–Trinajstić information content (AvgIpc) is 2.50. The molecular weight excluding hydrogens is 262 g/mol. The van der Waals surface area contributed by atoms with Crippen LogP contribution in [-0.2, 0) is 19.5 Å². The average molecular weight is 285 g/mol. The molecule has 2 aromatic heterocycles. The third-order valence-corrected chi connectivity index (χ3v) is 3.17. The standard InChI is InChI=1S/C16H23N5/c1-4-6-15-19-10-13(11-20-15)9-17-12-14-7-5-8-18-16(14)21(2)3/h5,7-8,10-11,17H,4,6,9,12H2,1-3H3. The van der Waals surface area contributed by atoms with Gasteiger partial charge in [-0.15, -0.1) is 0 Å². The largest absolute Gasteiger partial charge is 0.362 e. The Morgan fingerprint density at radius 2 is 1.86 bits per heavy atom. The number of hydrogen-bond donors (Lipinski definition) is 1. The van der Waals surface area contributed by atoms with Crippen LogP contribution in [0.1, 0.15) is 30.3 Å². The first-order valence-corrected chi connectivity index (χ1v) is 7.32. The van der Waals surface area contributed by atoms with Gasteiger partial charge in [0.05, 0.1) is 0 Å². The first-order valence-electron chi connectivity index (χ1n) is 7.32. The van der Waals surface area contributed by atoms with E-state index in [4.69, 9.17) is 0 Å². The van der Waals surface area contributed by atoms with Crippen LogP contribution >= 0.6 is 0 Å². The second-order valence-electron chi connectivity index (χ2n) is 5.24. The predicted octanol–water partition coefficient (Wildman–Crippen LogP) is 2.18. The lowest BCUT2D eigenvalue weighted by atomic mass is 10.2. The van der Waals surface area contributed by atoms with E-state index in [0.29, 0.717) is 0 Å². The van der Waals surface area contributed by atoms with E-state index >= 15 is 0 Å². The van der Waals surface area contributed by atoms with E-state index in [2.05, 4.69) is 33.3 Å². The van der Waals surface area contributed by atoms with Gasteiger partial charge in [0.1, 0.15) is 11.6 Å².